The summed E-state index contributed by atoms with van der Waals surface area (Å²) in [5.74, 6) is 0.0367. The molecule has 0 N–H and O–H groups in total. The monoisotopic (exact) mass is 364 g/mol. The van der Waals surface area contributed by atoms with Crippen molar-refractivity contribution in [1.82, 2.24) is 0 Å². The van der Waals surface area contributed by atoms with E-state index in [4.69, 9.17) is 9.47 Å². The molecule has 0 saturated heterocycles. The molecule has 3 nitrogen and oxygen atoms in total. The Morgan fingerprint density at radius 2 is 1.44 bits per heavy atom. The Balaban J connectivity index is 1.83. The lowest BCUT2D eigenvalue weighted by molar-refractivity contribution is -0.147. The van der Waals surface area contributed by atoms with Gasteiger partial charge in [-0.15, -0.1) is 0 Å². The minimum Gasteiger partial charge on any atom is -0.479 e. The van der Waals surface area contributed by atoms with E-state index >= 15 is 0 Å². The Kier molecular flexibility index (Phi) is 5.55. The molecule has 1 atom stereocenters. The van der Waals surface area contributed by atoms with Crippen molar-refractivity contribution in [2.24, 2.45) is 0 Å². The Labute approximate surface area is 158 Å². The summed E-state index contributed by atoms with van der Waals surface area (Å²) in [7, 11) is 0. The molecular formula is C23H21FO3. The number of esters is 1. The van der Waals surface area contributed by atoms with Crippen LogP contribution >= 0.6 is 0 Å². The standard InChI is InChI=1S/C23H21FO3/c1-17(25)26-16-23(2,20-6-4-3-5-7-20)27-22-14-10-19(11-15-22)18-8-12-21(24)13-9-18/h3-15H,16H2,1-2H3. The van der Waals surface area contributed by atoms with Crippen LogP contribution in [0.2, 0.25) is 0 Å². The normalized spacial score (nSPS) is 12.9. The first-order valence-corrected chi connectivity index (χ1v) is 8.70. The molecule has 27 heavy (non-hydrogen) atoms. The Bertz CT molecular complexity index is 889. The number of carbonyl (C=O) groups is 1. The van der Waals surface area contributed by atoms with Gasteiger partial charge in [-0.1, -0.05) is 54.6 Å². The highest BCUT2D eigenvalue weighted by molar-refractivity contribution is 5.66. The summed E-state index contributed by atoms with van der Waals surface area (Å²) in [6, 6.07) is 23.5. The van der Waals surface area contributed by atoms with Crippen LogP contribution in [-0.2, 0) is 15.1 Å². The number of hydrogen-bond donors (Lipinski definition) is 0. The summed E-state index contributed by atoms with van der Waals surface area (Å²) in [5, 5.41) is 0. The molecule has 0 aromatic heterocycles. The van der Waals surface area contributed by atoms with Crippen LogP contribution < -0.4 is 4.74 Å². The fourth-order valence-corrected chi connectivity index (χ4v) is 2.82. The van der Waals surface area contributed by atoms with Crippen LogP contribution in [0.15, 0.2) is 78.9 Å². The minimum atomic E-state index is -0.815. The third-order valence-corrected chi connectivity index (χ3v) is 4.31. The quantitative estimate of drug-likeness (QED) is 0.553. The van der Waals surface area contributed by atoms with E-state index in [1.807, 2.05) is 61.5 Å². The first kappa shape index (κ1) is 18.6. The number of carbonyl (C=O) groups excluding carboxylic acids is 1. The van der Waals surface area contributed by atoms with Gasteiger partial charge in [0.05, 0.1) is 0 Å². The van der Waals surface area contributed by atoms with Gasteiger partial charge in [0.2, 0.25) is 0 Å². The SMILES string of the molecule is CC(=O)OCC(C)(Oc1ccc(-c2ccc(F)cc2)cc1)c1ccccc1. The number of hydrogen-bond acceptors (Lipinski definition) is 3. The largest absolute Gasteiger partial charge is 0.479 e. The van der Waals surface area contributed by atoms with Crippen LogP contribution in [-0.4, -0.2) is 12.6 Å². The molecule has 0 heterocycles. The van der Waals surface area contributed by atoms with Gasteiger partial charge < -0.3 is 9.47 Å². The minimum absolute atomic E-state index is 0.103. The zero-order valence-corrected chi connectivity index (χ0v) is 15.3. The van der Waals surface area contributed by atoms with Gasteiger partial charge in [-0.25, -0.2) is 4.39 Å². The van der Waals surface area contributed by atoms with Gasteiger partial charge in [-0.05, 0) is 47.9 Å². The second-order valence-electron chi connectivity index (χ2n) is 6.51. The number of halogens is 1. The van der Waals surface area contributed by atoms with Crippen molar-refractivity contribution in [2.75, 3.05) is 6.61 Å². The summed E-state index contributed by atoms with van der Waals surface area (Å²) in [4.78, 5) is 11.3. The molecule has 138 valence electrons. The zero-order chi connectivity index (χ0) is 19.3. The maximum Gasteiger partial charge on any atom is 0.302 e. The molecule has 0 spiro atoms. The average molecular weight is 364 g/mol. The van der Waals surface area contributed by atoms with Crippen molar-refractivity contribution in [3.63, 3.8) is 0 Å². The van der Waals surface area contributed by atoms with Gasteiger partial charge in [0.1, 0.15) is 18.2 Å². The van der Waals surface area contributed by atoms with E-state index in [2.05, 4.69) is 0 Å². The van der Waals surface area contributed by atoms with Crippen molar-refractivity contribution in [3.05, 3.63) is 90.2 Å². The first-order valence-electron chi connectivity index (χ1n) is 8.70. The highest BCUT2D eigenvalue weighted by Gasteiger charge is 2.30. The maximum absolute atomic E-state index is 13.1. The average Bonchev–Trinajstić information content (AvgIpc) is 2.68. The highest BCUT2D eigenvalue weighted by Crippen LogP contribution is 2.30. The Hall–Kier alpha value is -3.14. The fraction of sp³-hybridized carbons (Fsp3) is 0.174. The Morgan fingerprint density at radius 1 is 0.889 bits per heavy atom. The van der Waals surface area contributed by atoms with Crippen molar-refractivity contribution >= 4 is 5.97 Å². The van der Waals surface area contributed by atoms with Crippen LogP contribution in [0.1, 0.15) is 19.4 Å². The molecule has 0 bridgehead atoms. The topological polar surface area (TPSA) is 35.5 Å². The second kappa shape index (κ2) is 8.04. The predicted molar refractivity (Wildman–Crippen MR) is 103 cm³/mol. The van der Waals surface area contributed by atoms with E-state index in [9.17, 15) is 9.18 Å². The molecule has 0 amide bonds. The molecule has 3 aromatic carbocycles. The van der Waals surface area contributed by atoms with Gasteiger partial charge in [-0.3, -0.25) is 4.79 Å². The molecule has 3 rings (SSSR count). The van der Waals surface area contributed by atoms with Crippen LogP contribution in [0.4, 0.5) is 4.39 Å². The van der Waals surface area contributed by atoms with Gasteiger partial charge >= 0.3 is 5.97 Å². The van der Waals surface area contributed by atoms with E-state index < -0.39 is 5.60 Å². The number of benzene rings is 3. The summed E-state index contributed by atoms with van der Waals surface area (Å²) >= 11 is 0. The molecule has 1 unspecified atom stereocenters. The van der Waals surface area contributed by atoms with E-state index in [-0.39, 0.29) is 18.4 Å². The van der Waals surface area contributed by atoms with Crippen LogP contribution in [0.25, 0.3) is 11.1 Å². The van der Waals surface area contributed by atoms with E-state index in [1.54, 1.807) is 12.1 Å². The van der Waals surface area contributed by atoms with E-state index in [0.717, 1.165) is 16.7 Å². The molecule has 0 aliphatic heterocycles. The van der Waals surface area contributed by atoms with Gasteiger partial charge in [0.15, 0.2) is 5.60 Å². The third-order valence-electron chi connectivity index (χ3n) is 4.31. The van der Waals surface area contributed by atoms with Crippen LogP contribution in [0.3, 0.4) is 0 Å². The van der Waals surface area contributed by atoms with Crippen molar-refractivity contribution in [1.29, 1.82) is 0 Å². The predicted octanol–water partition coefficient (Wildman–Crippen LogP) is 5.35. The second-order valence-corrected chi connectivity index (χ2v) is 6.51. The summed E-state index contributed by atoms with van der Waals surface area (Å²) in [6.45, 7) is 3.37. The van der Waals surface area contributed by atoms with E-state index in [1.165, 1.54) is 19.1 Å². The van der Waals surface area contributed by atoms with Crippen molar-refractivity contribution in [2.45, 2.75) is 19.4 Å². The fourth-order valence-electron chi connectivity index (χ4n) is 2.82. The van der Waals surface area contributed by atoms with Gasteiger partial charge in [0, 0.05) is 6.92 Å². The Morgan fingerprint density at radius 3 is 2.00 bits per heavy atom. The smallest absolute Gasteiger partial charge is 0.302 e. The van der Waals surface area contributed by atoms with Crippen molar-refractivity contribution < 1.29 is 18.7 Å². The summed E-state index contributed by atoms with van der Waals surface area (Å²) < 4.78 is 24.5. The van der Waals surface area contributed by atoms with E-state index in [0.29, 0.717) is 5.75 Å². The van der Waals surface area contributed by atoms with Crippen molar-refractivity contribution in [3.8, 4) is 16.9 Å². The molecule has 0 aliphatic rings. The first-order chi connectivity index (χ1) is 13.0. The number of ether oxygens (including phenoxy) is 2. The van der Waals surface area contributed by atoms with Crippen LogP contribution in [0.5, 0.6) is 5.75 Å². The lowest BCUT2D eigenvalue weighted by atomic mass is 9.96. The van der Waals surface area contributed by atoms with Crippen LogP contribution in [0, 0.1) is 5.82 Å². The molecule has 3 aromatic rings. The zero-order valence-electron chi connectivity index (χ0n) is 15.3. The van der Waals surface area contributed by atoms with Gasteiger partial charge in [-0.2, -0.15) is 0 Å². The molecule has 0 radical (unpaired) electrons. The molecule has 0 fully saturated rings. The highest BCUT2D eigenvalue weighted by atomic mass is 19.1. The maximum atomic E-state index is 13.1. The molecule has 0 saturated carbocycles. The molecule has 0 aliphatic carbocycles. The number of rotatable bonds is 6. The lowest BCUT2D eigenvalue weighted by Crippen LogP contribution is -2.35. The summed E-state index contributed by atoms with van der Waals surface area (Å²) in [6.07, 6.45) is 0. The third kappa shape index (κ3) is 4.73. The molecular weight excluding hydrogens is 343 g/mol. The van der Waals surface area contributed by atoms with Gasteiger partial charge in [0.25, 0.3) is 0 Å². The lowest BCUT2D eigenvalue weighted by Gasteiger charge is -2.30. The molecule has 4 heteroatoms. The summed E-state index contributed by atoms with van der Waals surface area (Å²) in [5.41, 5.74) is 1.98.